The van der Waals surface area contributed by atoms with E-state index in [9.17, 15) is 14.7 Å². The molecule has 18 heavy (non-hydrogen) atoms. The van der Waals surface area contributed by atoms with Gasteiger partial charge in [-0.15, -0.1) is 0 Å². The molecule has 0 bridgehead atoms. The highest BCUT2D eigenvalue weighted by atomic mass is 16.6. The van der Waals surface area contributed by atoms with Crippen molar-refractivity contribution in [2.75, 3.05) is 26.4 Å². The maximum Gasteiger partial charge on any atom is 0.410 e. The van der Waals surface area contributed by atoms with Crippen LogP contribution >= 0.6 is 0 Å². The average Bonchev–Trinajstić information content (AvgIpc) is 2.33. The lowest BCUT2D eigenvalue weighted by molar-refractivity contribution is -0.171. The molecule has 0 aromatic carbocycles. The first kappa shape index (κ1) is 12.9. The molecule has 1 spiro atoms. The predicted octanol–water partition coefficient (Wildman–Crippen LogP) is 0.875. The summed E-state index contributed by atoms with van der Waals surface area (Å²) >= 11 is 0. The van der Waals surface area contributed by atoms with Crippen LogP contribution in [0.3, 0.4) is 0 Å². The second-order valence-corrected chi connectivity index (χ2v) is 4.71. The third-order valence-corrected chi connectivity index (χ3v) is 3.66. The molecule has 1 amide bonds. The Hall–Kier alpha value is -1.56. The van der Waals surface area contributed by atoms with Crippen molar-refractivity contribution < 1.29 is 24.2 Å². The molecule has 2 aliphatic rings. The molecule has 2 heterocycles. The van der Waals surface area contributed by atoms with Gasteiger partial charge in [0.1, 0.15) is 12.6 Å². The summed E-state index contributed by atoms with van der Waals surface area (Å²) in [4.78, 5) is 24.3. The molecular formula is C12H17NO5. The molecule has 0 aliphatic carbocycles. The van der Waals surface area contributed by atoms with Gasteiger partial charge in [0.05, 0.1) is 0 Å². The molecule has 6 heteroatoms. The van der Waals surface area contributed by atoms with Gasteiger partial charge in [0.15, 0.2) is 0 Å². The maximum atomic E-state index is 11.7. The van der Waals surface area contributed by atoms with Crippen LogP contribution in [0, 0.1) is 5.41 Å². The smallest absolute Gasteiger partial charge is 0.410 e. The van der Waals surface area contributed by atoms with Crippen LogP contribution in [0.4, 0.5) is 4.79 Å². The molecule has 0 saturated carbocycles. The summed E-state index contributed by atoms with van der Waals surface area (Å²) in [5.41, 5.74) is -0.336. The molecule has 0 aromatic rings. The van der Waals surface area contributed by atoms with E-state index in [2.05, 4.69) is 6.58 Å². The average molecular weight is 255 g/mol. The van der Waals surface area contributed by atoms with Crippen LogP contribution in [0.2, 0.25) is 0 Å². The number of amides is 1. The maximum absolute atomic E-state index is 11.7. The van der Waals surface area contributed by atoms with Crippen molar-refractivity contribution in [1.82, 2.24) is 4.90 Å². The van der Waals surface area contributed by atoms with Gasteiger partial charge >= 0.3 is 12.1 Å². The molecule has 1 atom stereocenters. The van der Waals surface area contributed by atoms with Gasteiger partial charge in [-0.2, -0.15) is 0 Å². The topological polar surface area (TPSA) is 76.1 Å². The zero-order valence-electron chi connectivity index (χ0n) is 10.1. The zero-order chi connectivity index (χ0) is 13.2. The number of nitrogens with zero attached hydrogens (tertiary/aromatic N) is 1. The Balaban J connectivity index is 2.04. The molecule has 6 nitrogen and oxygen atoms in total. The number of hydrogen-bond donors (Lipinski definition) is 1. The molecule has 0 aromatic heterocycles. The number of carboxylic acid groups (broad SMARTS) is 1. The zero-order valence-corrected chi connectivity index (χ0v) is 10.1. The third kappa shape index (κ3) is 2.08. The molecule has 2 aliphatic heterocycles. The molecule has 100 valence electrons. The number of ether oxygens (including phenoxy) is 2. The van der Waals surface area contributed by atoms with Crippen LogP contribution in [0.25, 0.3) is 0 Å². The second kappa shape index (κ2) is 4.97. The van der Waals surface area contributed by atoms with Crippen molar-refractivity contribution in [3.8, 4) is 0 Å². The minimum atomic E-state index is -0.973. The SMILES string of the molecule is C=CCOC(=O)N1CC2(CCOCC2)C1C(=O)O. The third-order valence-electron chi connectivity index (χ3n) is 3.66. The Morgan fingerprint density at radius 2 is 2.17 bits per heavy atom. The van der Waals surface area contributed by atoms with Crippen molar-refractivity contribution in [3.05, 3.63) is 12.7 Å². The second-order valence-electron chi connectivity index (χ2n) is 4.71. The Morgan fingerprint density at radius 3 is 2.72 bits per heavy atom. The minimum absolute atomic E-state index is 0.0950. The largest absolute Gasteiger partial charge is 0.480 e. The van der Waals surface area contributed by atoms with E-state index in [1.807, 2.05) is 0 Å². The van der Waals surface area contributed by atoms with Gasteiger partial charge in [0.2, 0.25) is 0 Å². The van der Waals surface area contributed by atoms with E-state index in [0.29, 0.717) is 32.6 Å². The fourth-order valence-electron chi connectivity index (χ4n) is 2.72. The Labute approximate surface area is 105 Å². The number of carboxylic acids is 1. The first-order chi connectivity index (χ1) is 8.60. The van der Waals surface area contributed by atoms with E-state index in [-0.39, 0.29) is 12.0 Å². The van der Waals surface area contributed by atoms with Crippen molar-refractivity contribution in [2.24, 2.45) is 5.41 Å². The number of carbonyl (C=O) groups is 2. The first-order valence-corrected chi connectivity index (χ1v) is 5.95. The fourth-order valence-corrected chi connectivity index (χ4v) is 2.72. The van der Waals surface area contributed by atoms with Gasteiger partial charge in [-0.3, -0.25) is 4.90 Å². The summed E-state index contributed by atoms with van der Waals surface area (Å²) in [6.07, 6.45) is 2.22. The van der Waals surface area contributed by atoms with Gasteiger partial charge in [0.25, 0.3) is 0 Å². The number of rotatable bonds is 3. The normalized spacial score (nSPS) is 25.3. The van der Waals surface area contributed by atoms with E-state index in [4.69, 9.17) is 9.47 Å². The molecule has 1 N–H and O–H groups in total. The highest BCUT2D eigenvalue weighted by Crippen LogP contribution is 2.46. The Morgan fingerprint density at radius 1 is 1.50 bits per heavy atom. The van der Waals surface area contributed by atoms with Crippen LogP contribution in [0.1, 0.15) is 12.8 Å². The lowest BCUT2D eigenvalue weighted by Crippen LogP contribution is -2.70. The van der Waals surface area contributed by atoms with Crippen LogP contribution in [-0.4, -0.2) is 54.5 Å². The van der Waals surface area contributed by atoms with Crippen molar-refractivity contribution in [2.45, 2.75) is 18.9 Å². The predicted molar refractivity (Wildman–Crippen MR) is 62.2 cm³/mol. The Bertz CT molecular complexity index is 361. The summed E-state index contributed by atoms with van der Waals surface area (Å²) in [7, 11) is 0. The van der Waals surface area contributed by atoms with Gasteiger partial charge in [-0.25, -0.2) is 9.59 Å². The van der Waals surface area contributed by atoms with Crippen molar-refractivity contribution in [1.29, 1.82) is 0 Å². The molecule has 2 fully saturated rings. The van der Waals surface area contributed by atoms with E-state index in [1.165, 1.54) is 11.0 Å². The molecule has 2 rings (SSSR count). The minimum Gasteiger partial charge on any atom is -0.480 e. The standard InChI is InChI=1S/C12H17NO5/c1-2-5-18-11(16)13-8-12(9(13)10(14)15)3-6-17-7-4-12/h2,9H,1,3-8H2,(H,14,15). The van der Waals surface area contributed by atoms with E-state index in [1.54, 1.807) is 0 Å². The lowest BCUT2D eigenvalue weighted by Gasteiger charge is -2.55. The van der Waals surface area contributed by atoms with Crippen LogP contribution in [0.15, 0.2) is 12.7 Å². The number of likely N-dealkylation sites (tertiary alicyclic amines) is 1. The lowest BCUT2D eigenvalue weighted by atomic mass is 9.66. The van der Waals surface area contributed by atoms with Gasteiger partial charge in [0, 0.05) is 25.2 Å². The van der Waals surface area contributed by atoms with Gasteiger partial charge < -0.3 is 14.6 Å². The van der Waals surface area contributed by atoms with Crippen LogP contribution in [0.5, 0.6) is 0 Å². The van der Waals surface area contributed by atoms with E-state index >= 15 is 0 Å². The highest BCUT2D eigenvalue weighted by molar-refractivity contribution is 5.83. The van der Waals surface area contributed by atoms with E-state index < -0.39 is 18.1 Å². The fraction of sp³-hybridized carbons (Fsp3) is 0.667. The Kier molecular flexibility index (Phi) is 3.56. The summed E-state index contributed by atoms with van der Waals surface area (Å²) in [5, 5.41) is 9.29. The first-order valence-electron chi connectivity index (χ1n) is 5.95. The quantitative estimate of drug-likeness (QED) is 0.757. The van der Waals surface area contributed by atoms with Crippen LogP contribution in [-0.2, 0) is 14.3 Å². The number of aliphatic carboxylic acids is 1. The monoisotopic (exact) mass is 255 g/mol. The summed E-state index contributed by atoms with van der Waals surface area (Å²) < 4.78 is 10.1. The van der Waals surface area contributed by atoms with Crippen molar-refractivity contribution >= 4 is 12.1 Å². The molecule has 2 saturated heterocycles. The molecule has 1 unspecified atom stereocenters. The van der Waals surface area contributed by atoms with Gasteiger partial charge in [-0.1, -0.05) is 12.7 Å². The number of hydrogen-bond acceptors (Lipinski definition) is 4. The number of carbonyl (C=O) groups excluding carboxylic acids is 1. The summed E-state index contributed by atoms with van der Waals surface area (Å²) in [5.74, 6) is -0.973. The van der Waals surface area contributed by atoms with Gasteiger partial charge in [-0.05, 0) is 12.8 Å². The summed E-state index contributed by atoms with van der Waals surface area (Å²) in [6.45, 7) is 5.08. The molecule has 0 radical (unpaired) electrons. The van der Waals surface area contributed by atoms with E-state index in [0.717, 1.165) is 0 Å². The molecular weight excluding hydrogens is 238 g/mol. The van der Waals surface area contributed by atoms with Crippen molar-refractivity contribution in [3.63, 3.8) is 0 Å². The highest BCUT2D eigenvalue weighted by Gasteiger charge is 2.59. The summed E-state index contributed by atoms with van der Waals surface area (Å²) in [6, 6.07) is -0.793. The van der Waals surface area contributed by atoms with Crippen LogP contribution < -0.4 is 0 Å².